The largest absolute Gasteiger partial charge is 0.330 e. The van der Waals surface area contributed by atoms with E-state index in [1.165, 1.54) is 0 Å². The zero-order chi connectivity index (χ0) is 25.4. The van der Waals surface area contributed by atoms with Crippen LogP contribution >= 0.6 is 20.2 Å². The molecule has 2 unspecified atom stereocenters. The first-order chi connectivity index (χ1) is 17.5. The van der Waals surface area contributed by atoms with Crippen molar-refractivity contribution >= 4 is 20.2 Å². The molecular formula is C28H32N3O3PS. The van der Waals surface area contributed by atoms with Gasteiger partial charge < -0.3 is 9.05 Å². The highest BCUT2D eigenvalue weighted by molar-refractivity contribution is 7.80. The highest BCUT2D eigenvalue weighted by atomic mass is 32.1. The van der Waals surface area contributed by atoms with Crippen molar-refractivity contribution in [3.63, 3.8) is 0 Å². The van der Waals surface area contributed by atoms with E-state index in [2.05, 4.69) is 41.4 Å². The van der Waals surface area contributed by atoms with Gasteiger partial charge in [0.2, 0.25) is 0 Å². The number of hydrogen-bond donors (Lipinski definition) is 1. The summed E-state index contributed by atoms with van der Waals surface area (Å²) in [5, 5.41) is 4.66. The Labute approximate surface area is 218 Å². The number of hydrogen-bond acceptors (Lipinski definition) is 6. The monoisotopic (exact) mass is 521 g/mol. The minimum atomic E-state index is -3.07. The molecule has 1 heterocycles. The molecule has 8 heteroatoms. The van der Waals surface area contributed by atoms with Crippen LogP contribution in [0.25, 0.3) is 0 Å². The van der Waals surface area contributed by atoms with Gasteiger partial charge in [-0.2, -0.15) is 17.7 Å². The van der Waals surface area contributed by atoms with Gasteiger partial charge in [-0.05, 0) is 30.0 Å². The van der Waals surface area contributed by atoms with E-state index in [0.717, 1.165) is 16.7 Å². The predicted molar refractivity (Wildman–Crippen MR) is 147 cm³/mol. The summed E-state index contributed by atoms with van der Waals surface area (Å²) in [4.78, 5) is 4.65. The van der Waals surface area contributed by atoms with Crippen LogP contribution in [0.5, 0.6) is 0 Å². The van der Waals surface area contributed by atoms with Crippen molar-refractivity contribution in [1.82, 2.24) is 14.8 Å². The molecule has 0 aliphatic carbocycles. The molecule has 0 saturated heterocycles. The van der Waals surface area contributed by atoms with Crippen LogP contribution < -0.4 is 0 Å². The van der Waals surface area contributed by atoms with Crippen LogP contribution in [0.3, 0.4) is 0 Å². The third-order valence-electron chi connectivity index (χ3n) is 6.12. The lowest BCUT2D eigenvalue weighted by atomic mass is 9.77. The zero-order valence-corrected chi connectivity index (χ0v) is 22.4. The Morgan fingerprint density at radius 2 is 1.36 bits per heavy atom. The number of rotatable bonds is 12. The van der Waals surface area contributed by atoms with E-state index in [0.29, 0.717) is 25.0 Å². The van der Waals surface area contributed by atoms with Crippen LogP contribution in [0, 0.1) is 0 Å². The van der Waals surface area contributed by atoms with E-state index in [9.17, 15) is 4.57 Å². The van der Waals surface area contributed by atoms with Crippen LogP contribution in [0.1, 0.15) is 48.0 Å². The van der Waals surface area contributed by atoms with E-state index in [1.807, 2.05) is 66.2 Å². The van der Waals surface area contributed by atoms with Gasteiger partial charge in [0.15, 0.2) is 5.82 Å². The molecule has 3 aromatic carbocycles. The highest BCUT2D eigenvalue weighted by Gasteiger charge is 2.40. The van der Waals surface area contributed by atoms with Gasteiger partial charge in [-0.3, -0.25) is 4.57 Å². The Morgan fingerprint density at radius 1 is 0.861 bits per heavy atom. The zero-order valence-electron chi connectivity index (χ0n) is 20.6. The van der Waals surface area contributed by atoms with Crippen molar-refractivity contribution in [3.05, 3.63) is 120 Å². The van der Waals surface area contributed by atoms with Crippen molar-refractivity contribution in [3.8, 4) is 0 Å². The minimum Gasteiger partial charge on any atom is -0.309 e. The molecule has 0 saturated carbocycles. The third kappa shape index (κ3) is 5.50. The fourth-order valence-electron chi connectivity index (χ4n) is 4.37. The number of aromatic nitrogens is 3. The molecule has 0 bridgehead atoms. The van der Waals surface area contributed by atoms with Crippen molar-refractivity contribution in [2.75, 3.05) is 19.4 Å². The maximum atomic E-state index is 12.6. The summed E-state index contributed by atoms with van der Waals surface area (Å²) < 4.78 is 25.5. The Kier molecular flexibility index (Phi) is 8.81. The summed E-state index contributed by atoms with van der Waals surface area (Å²) in [6, 6.07) is 31.0. The molecular weight excluding hydrogens is 489 g/mol. The summed E-state index contributed by atoms with van der Waals surface area (Å²) >= 11 is 4.75. The maximum absolute atomic E-state index is 12.6. The van der Waals surface area contributed by atoms with Gasteiger partial charge in [0.1, 0.15) is 11.9 Å². The Balaban J connectivity index is 1.72. The van der Waals surface area contributed by atoms with Gasteiger partial charge >= 0.3 is 7.60 Å². The third-order valence-corrected chi connectivity index (χ3v) is 8.61. The van der Waals surface area contributed by atoms with Gasteiger partial charge in [0.05, 0.1) is 18.5 Å². The Bertz CT molecular complexity index is 1170. The van der Waals surface area contributed by atoms with Gasteiger partial charge in [-0.15, -0.1) is 0 Å². The van der Waals surface area contributed by atoms with Crippen LogP contribution in [0.2, 0.25) is 0 Å². The van der Waals surface area contributed by atoms with E-state index in [1.54, 1.807) is 13.3 Å². The number of thiol groups is 1. The van der Waals surface area contributed by atoms with E-state index >= 15 is 0 Å². The van der Waals surface area contributed by atoms with Gasteiger partial charge in [-0.25, -0.2) is 9.67 Å². The van der Waals surface area contributed by atoms with Crippen LogP contribution in [0.15, 0.2) is 97.3 Å². The van der Waals surface area contributed by atoms with Crippen molar-refractivity contribution in [2.24, 2.45) is 0 Å². The summed E-state index contributed by atoms with van der Waals surface area (Å²) in [6.07, 6.45) is 2.60. The summed E-state index contributed by atoms with van der Waals surface area (Å²) in [5.74, 6) is 0.580. The fraction of sp³-hybridized carbons (Fsp3) is 0.286. The van der Waals surface area contributed by atoms with Crippen LogP contribution in [-0.4, -0.2) is 34.1 Å². The topological polar surface area (TPSA) is 66.2 Å². The van der Waals surface area contributed by atoms with E-state index in [4.69, 9.17) is 26.8 Å². The lowest BCUT2D eigenvalue weighted by molar-refractivity contribution is 0.210. The van der Waals surface area contributed by atoms with Gasteiger partial charge in [-0.1, -0.05) is 97.9 Å². The van der Waals surface area contributed by atoms with Crippen LogP contribution in [0.4, 0.5) is 0 Å². The minimum absolute atomic E-state index is 0.245. The van der Waals surface area contributed by atoms with Crippen molar-refractivity contribution < 1.29 is 13.6 Å². The second-order valence-electron chi connectivity index (χ2n) is 8.34. The molecule has 1 aromatic heterocycles. The summed E-state index contributed by atoms with van der Waals surface area (Å²) in [5.41, 5.74) is 2.47. The number of nitrogens with zero attached hydrogens (tertiary/aromatic N) is 3. The molecule has 0 amide bonds. The molecule has 36 heavy (non-hydrogen) atoms. The second kappa shape index (κ2) is 12.0. The molecule has 0 aliphatic rings. The lowest BCUT2D eigenvalue weighted by Gasteiger charge is -2.35. The van der Waals surface area contributed by atoms with Crippen molar-refractivity contribution in [2.45, 2.75) is 31.1 Å². The molecule has 0 fully saturated rings. The normalized spacial score (nSPS) is 14.3. The molecule has 188 valence electrons. The predicted octanol–water partition coefficient (Wildman–Crippen LogP) is 6.75. The van der Waals surface area contributed by atoms with E-state index in [-0.39, 0.29) is 11.9 Å². The second-order valence-corrected chi connectivity index (χ2v) is 11.3. The molecule has 2 atom stereocenters. The quantitative estimate of drug-likeness (QED) is 0.127. The van der Waals surface area contributed by atoms with E-state index < -0.39 is 13.1 Å². The molecule has 0 radical (unpaired) electrons. The smallest absolute Gasteiger partial charge is 0.309 e. The first-order valence-electron chi connectivity index (χ1n) is 12.2. The van der Waals surface area contributed by atoms with Gasteiger partial charge in [0, 0.05) is 6.16 Å². The highest BCUT2D eigenvalue weighted by Crippen LogP contribution is 2.48. The Morgan fingerprint density at radius 3 is 1.81 bits per heavy atom. The average Bonchev–Trinajstić information content (AvgIpc) is 3.42. The average molecular weight is 522 g/mol. The fourth-order valence-corrected chi connectivity index (χ4v) is 5.81. The number of benzene rings is 3. The first kappa shape index (κ1) is 26.4. The lowest BCUT2D eigenvalue weighted by Crippen LogP contribution is -2.38. The summed E-state index contributed by atoms with van der Waals surface area (Å²) in [7, 11) is -3.07. The molecule has 0 N–H and O–H groups in total. The standard InChI is InChI=1S/C28H32N3O3PS/c1-3-33-35(32,4-2)34-21-20-26(36)27-29-22-31(30-27)28(23-14-8-5-9-15-23,24-16-10-6-11-17-24)25-18-12-7-13-19-25/h5-19,22,26,36H,3-4,20-21H2,1-2H3. The van der Waals surface area contributed by atoms with Gasteiger partial charge in [0.25, 0.3) is 0 Å². The first-order valence-corrected chi connectivity index (χ1v) is 14.4. The van der Waals surface area contributed by atoms with Crippen molar-refractivity contribution in [1.29, 1.82) is 0 Å². The molecule has 6 nitrogen and oxygen atoms in total. The SMILES string of the molecule is CCOP(=O)(CC)OCCC(S)c1ncn(C(c2ccccc2)(c2ccccc2)c2ccccc2)n1. The molecule has 4 aromatic rings. The molecule has 4 rings (SSSR count). The summed E-state index contributed by atoms with van der Waals surface area (Å²) in [6.45, 7) is 4.20. The Hall–Kier alpha value is -2.70. The van der Waals surface area contributed by atoms with Crippen LogP contribution in [-0.2, 0) is 19.2 Å². The maximum Gasteiger partial charge on any atom is 0.330 e. The molecule has 0 spiro atoms. The molecule has 0 aliphatic heterocycles.